The van der Waals surface area contributed by atoms with Crippen LogP contribution in [0.5, 0.6) is 0 Å². The molecular formula is C22H20N2O4. The highest BCUT2D eigenvalue weighted by molar-refractivity contribution is 5.97. The fourth-order valence-corrected chi connectivity index (χ4v) is 2.99. The summed E-state index contributed by atoms with van der Waals surface area (Å²) in [6, 6.07) is 20.7. The molecule has 0 aliphatic carbocycles. The van der Waals surface area contributed by atoms with Gasteiger partial charge in [-0.25, -0.2) is 4.79 Å². The van der Waals surface area contributed by atoms with Crippen molar-refractivity contribution in [2.45, 2.75) is 12.5 Å². The number of amides is 2. The molecule has 6 heteroatoms. The molecule has 2 amide bonds. The van der Waals surface area contributed by atoms with Gasteiger partial charge in [-0.2, -0.15) is 0 Å². The zero-order valence-electron chi connectivity index (χ0n) is 15.1. The van der Waals surface area contributed by atoms with Crippen LogP contribution < -0.4 is 10.6 Å². The Bertz CT molecular complexity index is 996. The van der Waals surface area contributed by atoms with Crippen molar-refractivity contribution in [3.63, 3.8) is 0 Å². The lowest BCUT2D eigenvalue weighted by Gasteiger charge is -2.16. The number of hydrogen-bond donors (Lipinski definition) is 3. The number of fused-ring (bicyclic) bond motifs is 1. The number of carbonyl (C=O) groups excluding carboxylic acids is 2. The van der Waals surface area contributed by atoms with E-state index in [4.69, 9.17) is 0 Å². The first kappa shape index (κ1) is 19.1. The van der Waals surface area contributed by atoms with Gasteiger partial charge in [-0.1, -0.05) is 60.7 Å². The van der Waals surface area contributed by atoms with Crippen LogP contribution in [0.1, 0.15) is 15.9 Å². The molecule has 3 N–H and O–H groups in total. The minimum absolute atomic E-state index is 0.148. The molecule has 3 aromatic rings. The highest BCUT2D eigenvalue weighted by atomic mass is 16.4. The number of rotatable bonds is 7. The van der Waals surface area contributed by atoms with Crippen molar-refractivity contribution in [3.8, 4) is 0 Å². The van der Waals surface area contributed by atoms with E-state index in [1.165, 1.54) is 0 Å². The van der Waals surface area contributed by atoms with Gasteiger partial charge in [0.15, 0.2) is 0 Å². The van der Waals surface area contributed by atoms with E-state index in [9.17, 15) is 19.5 Å². The lowest BCUT2D eigenvalue weighted by molar-refractivity contribution is -0.141. The van der Waals surface area contributed by atoms with Crippen LogP contribution in [0.2, 0.25) is 0 Å². The van der Waals surface area contributed by atoms with E-state index < -0.39 is 23.8 Å². The molecule has 0 unspecified atom stereocenters. The van der Waals surface area contributed by atoms with Gasteiger partial charge in [0, 0.05) is 12.0 Å². The topological polar surface area (TPSA) is 95.5 Å². The third kappa shape index (κ3) is 4.73. The molecule has 0 aliphatic rings. The first-order chi connectivity index (χ1) is 13.5. The van der Waals surface area contributed by atoms with Gasteiger partial charge in [-0.15, -0.1) is 0 Å². The van der Waals surface area contributed by atoms with E-state index in [1.807, 2.05) is 42.5 Å². The number of benzene rings is 3. The second-order valence-electron chi connectivity index (χ2n) is 6.35. The molecule has 142 valence electrons. The molecule has 0 fully saturated rings. The molecule has 0 spiro atoms. The fourth-order valence-electron chi connectivity index (χ4n) is 2.99. The molecule has 0 saturated carbocycles. The minimum atomic E-state index is -1.13. The summed E-state index contributed by atoms with van der Waals surface area (Å²) >= 11 is 0. The van der Waals surface area contributed by atoms with Crippen LogP contribution in [0.25, 0.3) is 10.8 Å². The van der Waals surface area contributed by atoms with Crippen molar-refractivity contribution in [3.05, 3.63) is 83.9 Å². The first-order valence-corrected chi connectivity index (χ1v) is 8.86. The van der Waals surface area contributed by atoms with Crippen molar-refractivity contribution >= 4 is 28.6 Å². The Morgan fingerprint density at radius 2 is 1.54 bits per heavy atom. The van der Waals surface area contributed by atoms with Crippen LogP contribution in [0.15, 0.2) is 72.8 Å². The number of carbonyl (C=O) groups is 3. The first-order valence-electron chi connectivity index (χ1n) is 8.86. The van der Waals surface area contributed by atoms with E-state index in [2.05, 4.69) is 10.6 Å². The van der Waals surface area contributed by atoms with Gasteiger partial charge < -0.3 is 15.7 Å². The zero-order chi connectivity index (χ0) is 19.9. The van der Waals surface area contributed by atoms with Crippen molar-refractivity contribution in [2.75, 3.05) is 6.54 Å². The van der Waals surface area contributed by atoms with Gasteiger partial charge >= 0.3 is 5.97 Å². The van der Waals surface area contributed by atoms with Crippen LogP contribution in [0.4, 0.5) is 0 Å². The van der Waals surface area contributed by atoms with Crippen LogP contribution in [0.3, 0.4) is 0 Å². The number of carboxylic acid groups (broad SMARTS) is 1. The number of hydrogen-bond acceptors (Lipinski definition) is 3. The minimum Gasteiger partial charge on any atom is -0.480 e. The van der Waals surface area contributed by atoms with Gasteiger partial charge in [0.05, 0.1) is 6.54 Å². The van der Waals surface area contributed by atoms with E-state index in [1.54, 1.807) is 30.3 Å². The molecule has 0 saturated heterocycles. The highest BCUT2D eigenvalue weighted by Crippen LogP contribution is 2.19. The molecule has 3 aromatic carbocycles. The summed E-state index contributed by atoms with van der Waals surface area (Å²) in [5.74, 6) is -2.08. The quantitative estimate of drug-likeness (QED) is 0.590. The average Bonchev–Trinajstić information content (AvgIpc) is 2.72. The summed E-state index contributed by atoms with van der Waals surface area (Å²) in [6.07, 6.45) is 0.148. The summed E-state index contributed by atoms with van der Waals surface area (Å²) in [5, 5.41) is 16.4. The highest BCUT2D eigenvalue weighted by Gasteiger charge is 2.21. The van der Waals surface area contributed by atoms with Gasteiger partial charge in [0.1, 0.15) is 6.04 Å². The molecule has 3 rings (SSSR count). The molecule has 0 radical (unpaired) electrons. The monoisotopic (exact) mass is 376 g/mol. The molecule has 0 bridgehead atoms. The average molecular weight is 376 g/mol. The maximum atomic E-state index is 12.2. The third-order valence-corrected chi connectivity index (χ3v) is 4.38. The van der Waals surface area contributed by atoms with E-state index in [-0.39, 0.29) is 13.0 Å². The molecule has 0 aromatic heterocycles. The summed E-state index contributed by atoms with van der Waals surface area (Å²) in [4.78, 5) is 35.8. The van der Waals surface area contributed by atoms with Crippen LogP contribution in [0, 0.1) is 0 Å². The Labute approximate surface area is 162 Å². The standard InChI is InChI=1S/C22H20N2O4/c25-20(14-23-21(26)16-8-2-1-3-9-16)24-19(22(27)28)13-17-11-6-10-15-7-4-5-12-18(15)17/h1-12,19H,13-14H2,(H,23,26)(H,24,25)(H,27,28)/t19-/m0/s1. The van der Waals surface area contributed by atoms with Crippen molar-refractivity contribution in [1.82, 2.24) is 10.6 Å². The molecule has 0 heterocycles. The van der Waals surface area contributed by atoms with Crippen LogP contribution >= 0.6 is 0 Å². The Morgan fingerprint density at radius 1 is 0.857 bits per heavy atom. The van der Waals surface area contributed by atoms with Crippen LogP contribution in [-0.4, -0.2) is 35.5 Å². The van der Waals surface area contributed by atoms with Gasteiger partial charge in [-0.05, 0) is 28.5 Å². The Kier molecular flexibility index (Phi) is 6.01. The molecule has 6 nitrogen and oxygen atoms in total. The SMILES string of the molecule is O=C(CNC(=O)c1ccccc1)N[C@@H](Cc1cccc2ccccc12)C(=O)O. The predicted molar refractivity (Wildman–Crippen MR) is 106 cm³/mol. The summed E-state index contributed by atoms with van der Waals surface area (Å²) < 4.78 is 0. The molecule has 0 aliphatic heterocycles. The summed E-state index contributed by atoms with van der Waals surface area (Å²) in [5.41, 5.74) is 1.26. The van der Waals surface area contributed by atoms with E-state index in [0.29, 0.717) is 5.56 Å². The largest absolute Gasteiger partial charge is 0.480 e. The molecule has 28 heavy (non-hydrogen) atoms. The van der Waals surface area contributed by atoms with Crippen molar-refractivity contribution < 1.29 is 19.5 Å². The lowest BCUT2D eigenvalue weighted by Crippen LogP contribution is -2.46. The Balaban J connectivity index is 1.63. The molecule has 1 atom stereocenters. The predicted octanol–water partition coefficient (Wildman–Crippen LogP) is 2.38. The van der Waals surface area contributed by atoms with Gasteiger partial charge in [0.25, 0.3) is 5.91 Å². The Hall–Kier alpha value is -3.67. The maximum Gasteiger partial charge on any atom is 0.326 e. The number of nitrogens with one attached hydrogen (secondary N) is 2. The third-order valence-electron chi connectivity index (χ3n) is 4.38. The smallest absolute Gasteiger partial charge is 0.326 e. The second-order valence-corrected chi connectivity index (χ2v) is 6.35. The van der Waals surface area contributed by atoms with Crippen LogP contribution in [-0.2, 0) is 16.0 Å². The zero-order valence-corrected chi connectivity index (χ0v) is 15.1. The lowest BCUT2D eigenvalue weighted by atomic mass is 9.99. The van der Waals surface area contributed by atoms with E-state index >= 15 is 0 Å². The number of carboxylic acids is 1. The second kappa shape index (κ2) is 8.81. The normalized spacial score (nSPS) is 11.6. The van der Waals surface area contributed by atoms with Gasteiger partial charge in [0.2, 0.25) is 5.91 Å². The number of aliphatic carboxylic acids is 1. The van der Waals surface area contributed by atoms with E-state index in [0.717, 1.165) is 16.3 Å². The summed E-state index contributed by atoms with van der Waals surface area (Å²) in [7, 11) is 0. The van der Waals surface area contributed by atoms with Crippen molar-refractivity contribution in [2.24, 2.45) is 0 Å². The maximum absolute atomic E-state index is 12.2. The van der Waals surface area contributed by atoms with Crippen molar-refractivity contribution in [1.29, 1.82) is 0 Å². The fraction of sp³-hybridized carbons (Fsp3) is 0.136. The molecular weight excluding hydrogens is 356 g/mol. The summed E-state index contributed by atoms with van der Waals surface area (Å²) in [6.45, 7) is -0.299. The van der Waals surface area contributed by atoms with Gasteiger partial charge in [-0.3, -0.25) is 9.59 Å². The Morgan fingerprint density at radius 3 is 2.29 bits per heavy atom.